The molecule has 5 rings (SSSR count). The number of amides is 3. The second kappa shape index (κ2) is 8.73. The van der Waals surface area contributed by atoms with Crippen molar-refractivity contribution in [1.82, 2.24) is 14.5 Å². The van der Waals surface area contributed by atoms with Crippen LogP contribution in [0.15, 0.2) is 23.0 Å². The number of hydrogen-bond donors (Lipinski definition) is 1. The standard InChI is InChI=1S/C24H22N4O6S/c1-12-18-20(26-16-6-4-3-5-9-28(16)23(18)32)35-19(12)24(33)34-11-17(29)25-13-7-8-14-15(10-13)22(31)27(2)21(14)30/h7-8,10H,3-6,9,11H2,1-2H3,(H,25,29). The van der Waals surface area contributed by atoms with Crippen molar-refractivity contribution in [3.63, 3.8) is 0 Å². The SMILES string of the molecule is Cc1c(C(=O)OCC(=O)Nc2ccc3c(c2)C(=O)N(C)C3=O)sc2nc3n(c(=O)c12)CCCCC3. The van der Waals surface area contributed by atoms with Crippen LogP contribution in [0, 0.1) is 6.92 Å². The summed E-state index contributed by atoms with van der Waals surface area (Å²) in [6, 6.07) is 4.38. The quantitative estimate of drug-likeness (QED) is 0.436. The first-order valence-corrected chi connectivity index (χ1v) is 12.0. The van der Waals surface area contributed by atoms with E-state index < -0.39 is 30.3 Å². The zero-order chi connectivity index (χ0) is 24.9. The molecule has 3 amide bonds. The van der Waals surface area contributed by atoms with E-state index >= 15 is 0 Å². The van der Waals surface area contributed by atoms with Gasteiger partial charge in [-0.1, -0.05) is 6.42 Å². The maximum atomic E-state index is 13.1. The number of carbonyl (C=O) groups is 4. The molecule has 2 aromatic heterocycles. The van der Waals surface area contributed by atoms with Crippen molar-refractivity contribution in [1.29, 1.82) is 0 Å². The van der Waals surface area contributed by atoms with E-state index in [0.29, 0.717) is 28.0 Å². The first-order chi connectivity index (χ1) is 16.8. The van der Waals surface area contributed by atoms with Gasteiger partial charge in [0.25, 0.3) is 23.3 Å². The van der Waals surface area contributed by atoms with Gasteiger partial charge in [0.2, 0.25) is 0 Å². The predicted molar refractivity (Wildman–Crippen MR) is 128 cm³/mol. The first-order valence-electron chi connectivity index (χ1n) is 11.2. The highest BCUT2D eigenvalue weighted by Gasteiger charge is 2.33. The van der Waals surface area contributed by atoms with Gasteiger partial charge in [-0.05, 0) is 43.5 Å². The van der Waals surface area contributed by atoms with Crippen molar-refractivity contribution in [3.05, 3.63) is 55.9 Å². The van der Waals surface area contributed by atoms with Gasteiger partial charge >= 0.3 is 5.97 Å². The minimum absolute atomic E-state index is 0.146. The number of anilines is 1. The number of ether oxygens (including phenoxy) is 1. The molecule has 35 heavy (non-hydrogen) atoms. The summed E-state index contributed by atoms with van der Waals surface area (Å²) in [6.07, 6.45) is 3.66. The van der Waals surface area contributed by atoms with E-state index in [-0.39, 0.29) is 21.6 Å². The van der Waals surface area contributed by atoms with Crippen LogP contribution in [-0.4, -0.2) is 51.8 Å². The molecule has 180 valence electrons. The Labute approximate surface area is 203 Å². The van der Waals surface area contributed by atoms with Crippen LogP contribution >= 0.6 is 11.3 Å². The van der Waals surface area contributed by atoms with Gasteiger partial charge in [-0.2, -0.15) is 0 Å². The smallest absolute Gasteiger partial charge is 0.349 e. The Balaban J connectivity index is 1.30. The molecule has 3 aromatic rings. The predicted octanol–water partition coefficient (Wildman–Crippen LogP) is 2.51. The minimum atomic E-state index is -0.711. The second-order valence-corrected chi connectivity index (χ2v) is 9.58. The summed E-state index contributed by atoms with van der Waals surface area (Å²) in [6.45, 7) is 1.74. The molecular weight excluding hydrogens is 472 g/mol. The lowest BCUT2D eigenvalue weighted by molar-refractivity contribution is -0.119. The number of thiophene rings is 1. The lowest BCUT2D eigenvalue weighted by Gasteiger charge is -2.08. The molecule has 0 radical (unpaired) electrons. The fourth-order valence-electron chi connectivity index (χ4n) is 4.44. The van der Waals surface area contributed by atoms with Crippen molar-refractivity contribution in [2.75, 3.05) is 19.0 Å². The molecule has 0 aliphatic carbocycles. The van der Waals surface area contributed by atoms with Crippen molar-refractivity contribution in [3.8, 4) is 0 Å². The summed E-state index contributed by atoms with van der Waals surface area (Å²) in [5.41, 5.74) is 1.12. The summed E-state index contributed by atoms with van der Waals surface area (Å²) < 4.78 is 6.90. The number of rotatable bonds is 4. The monoisotopic (exact) mass is 494 g/mol. The molecule has 0 unspecified atom stereocenters. The topological polar surface area (TPSA) is 128 Å². The molecule has 11 heteroatoms. The third-order valence-corrected chi connectivity index (χ3v) is 7.47. The average Bonchev–Trinajstić information content (AvgIpc) is 3.13. The number of carbonyl (C=O) groups excluding carboxylic acids is 4. The van der Waals surface area contributed by atoms with Crippen LogP contribution < -0.4 is 10.9 Å². The van der Waals surface area contributed by atoms with Crippen molar-refractivity contribution < 1.29 is 23.9 Å². The number of aromatic nitrogens is 2. The van der Waals surface area contributed by atoms with Crippen molar-refractivity contribution >= 4 is 50.9 Å². The van der Waals surface area contributed by atoms with E-state index in [1.807, 2.05) is 0 Å². The highest BCUT2D eigenvalue weighted by Crippen LogP contribution is 2.29. The number of benzene rings is 1. The van der Waals surface area contributed by atoms with E-state index in [0.717, 1.165) is 47.7 Å². The molecule has 0 atom stereocenters. The zero-order valence-electron chi connectivity index (χ0n) is 19.2. The highest BCUT2D eigenvalue weighted by molar-refractivity contribution is 7.20. The van der Waals surface area contributed by atoms with E-state index in [4.69, 9.17) is 4.74 Å². The number of fused-ring (bicyclic) bond motifs is 3. The van der Waals surface area contributed by atoms with Gasteiger partial charge in [0.15, 0.2) is 6.61 Å². The van der Waals surface area contributed by atoms with Crippen molar-refractivity contribution in [2.45, 2.75) is 39.2 Å². The zero-order valence-corrected chi connectivity index (χ0v) is 20.0. The lowest BCUT2D eigenvalue weighted by atomic mass is 10.1. The molecule has 0 saturated carbocycles. The van der Waals surface area contributed by atoms with Gasteiger partial charge in [-0.25, -0.2) is 9.78 Å². The van der Waals surface area contributed by atoms with Crippen LogP contribution in [0.5, 0.6) is 0 Å². The van der Waals surface area contributed by atoms with Crippen LogP contribution in [0.2, 0.25) is 0 Å². The van der Waals surface area contributed by atoms with Crippen LogP contribution in [0.4, 0.5) is 5.69 Å². The Morgan fingerprint density at radius 3 is 2.69 bits per heavy atom. The Bertz CT molecular complexity index is 1490. The largest absolute Gasteiger partial charge is 0.451 e. The minimum Gasteiger partial charge on any atom is -0.451 e. The van der Waals surface area contributed by atoms with Gasteiger partial charge in [0.05, 0.1) is 16.5 Å². The fourth-order valence-corrected chi connectivity index (χ4v) is 5.52. The maximum Gasteiger partial charge on any atom is 0.349 e. The second-order valence-electron chi connectivity index (χ2n) is 8.59. The molecule has 10 nitrogen and oxygen atoms in total. The molecule has 1 N–H and O–H groups in total. The van der Waals surface area contributed by atoms with Crippen LogP contribution in [-0.2, 0) is 22.5 Å². The van der Waals surface area contributed by atoms with Crippen LogP contribution in [0.25, 0.3) is 10.2 Å². The third-order valence-electron chi connectivity index (χ3n) is 6.30. The summed E-state index contributed by atoms with van der Waals surface area (Å²) in [5.74, 6) is -1.43. The molecule has 4 heterocycles. The van der Waals surface area contributed by atoms with E-state index in [9.17, 15) is 24.0 Å². The van der Waals surface area contributed by atoms with E-state index in [1.54, 1.807) is 11.5 Å². The molecule has 1 aromatic carbocycles. The molecule has 0 fully saturated rings. The Morgan fingerprint density at radius 2 is 1.89 bits per heavy atom. The maximum absolute atomic E-state index is 13.1. The van der Waals surface area contributed by atoms with Gasteiger partial charge in [-0.15, -0.1) is 11.3 Å². The normalized spacial score (nSPS) is 15.1. The molecule has 0 saturated heterocycles. The third kappa shape index (κ3) is 3.91. The van der Waals surface area contributed by atoms with Gasteiger partial charge < -0.3 is 10.1 Å². The number of imide groups is 1. The lowest BCUT2D eigenvalue weighted by Crippen LogP contribution is -2.24. The molecule has 2 aliphatic heterocycles. The number of nitrogens with one attached hydrogen (secondary N) is 1. The number of aryl methyl sites for hydroxylation is 2. The van der Waals surface area contributed by atoms with E-state index in [1.165, 1.54) is 25.2 Å². The average molecular weight is 495 g/mol. The van der Waals surface area contributed by atoms with Crippen LogP contribution in [0.1, 0.15) is 61.0 Å². The summed E-state index contributed by atoms with van der Waals surface area (Å²) >= 11 is 1.09. The summed E-state index contributed by atoms with van der Waals surface area (Å²) in [7, 11) is 1.39. The number of hydrogen-bond acceptors (Lipinski definition) is 8. The Hall–Kier alpha value is -3.86. The summed E-state index contributed by atoms with van der Waals surface area (Å²) in [5, 5.41) is 2.98. The van der Waals surface area contributed by atoms with E-state index in [2.05, 4.69) is 10.3 Å². The molecule has 0 spiro atoms. The van der Waals surface area contributed by atoms with Gasteiger partial charge in [0, 0.05) is 25.7 Å². The molecule has 0 bridgehead atoms. The fraction of sp³-hybridized carbons (Fsp3) is 0.333. The first kappa shape index (κ1) is 22.9. The number of esters is 1. The van der Waals surface area contributed by atoms with Crippen molar-refractivity contribution in [2.24, 2.45) is 0 Å². The Kier molecular flexibility index (Phi) is 5.72. The van der Waals surface area contributed by atoms with Gasteiger partial charge in [-0.3, -0.25) is 28.6 Å². The van der Waals surface area contributed by atoms with Crippen LogP contribution in [0.3, 0.4) is 0 Å². The summed E-state index contributed by atoms with van der Waals surface area (Å²) in [4.78, 5) is 68.7. The highest BCUT2D eigenvalue weighted by atomic mass is 32.1. The van der Waals surface area contributed by atoms with Gasteiger partial charge in [0.1, 0.15) is 15.5 Å². The number of nitrogens with zero attached hydrogens (tertiary/aromatic N) is 3. The molecular formula is C24H22N4O6S. The molecule has 2 aliphatic rings. The Morgan fingerprint density at radius 1 is 1.11 bits per heavy atom.